The Labute approximate surface area is 165 Å². The van der Waals surface area contributed by atoms with E-state index in [2.05, 4.69) is 71.3 Å². The van der Waals surface area contributed by atoms with Crippen molar-refractivity contribution in [3.05, 3.63) is 71.3 Å². The fraction of sp³-hybridized carbons (Fsp3) is 0.520. The fourth-order valence-corrected chi connectivity index (χ4v) is 4.76. The van der Waals surface area contributed by atoms with Crippen LogP contribution in [-0.2, 0) is 13.1 Å². The van der Waals surface area contributed by atoms with E-state index in [1.807, 2.05) is 0 Å². The van der Waals surface area contributed by atoms with Crippen molar-refractivity contribution in [1.29, 1.82) is 0 Å². The van der Waals surface area contributed by atoms with Crippen LogP contribution in [0.25, 0.3) is 0 Å². The lowest BCUT2D eigenvalue weighted by Crippen LogP contribution is -2.35. The molecule has 2 aromatic rings. The molecule has 1 aliphatic heterocycles. The van der Waals surface area contributed by atoms with E-state index in [-0.39, 0.29) is 0 Å². The van der Waals surface area contributed by atoms with E-state index in [0.717, 1.165) is 31.5 Å². The van der Waals surface area contributed by atoms with Crippen molar-refractivity contribution < 1.29 is 0 Å². The summed E-state index contributed by atoms with van der Waals surface area (Å²) in [6.45, 7) is 9.46. The van der Waals surface area contributed by atoms with Crippen molar-refractivity contribution in [3.63, 3.8) is 0 Å². The zero-order valence-corrected chi connectivity index (χ0v) is 16.8. The van der Waals surface area contributed by atoms with Crippen molar-refractivity contribution in [2.45, 2.75) is 51.6 Å². The molecule has 0 radical (unpaired) electrons. The van der Waals surface area contributed by atoms with Crippen LogP contribution in [0.3, 0.4) is 0 Å². The fourth-order valence-electron chi connectivity index (χ4n) is 4.76. The van der Waals surface area contributed by atoms with Gasteiger partial charge in [0, 0.05) is 19.6 Å². The van der Waals surface area contributed by atoms with Crippen LogP contribution in [0, 0.1) is 5.92 Å². The Morgan fingerprint density at radius 3 is 2.26 bits per heavy atom. The third-order valence-electron chi connectivity index (χ3n) is 6.50. The van der Waals surface area contributed by atoms with E-state index >= 15 is 0 Å². The van der Waals surface area contributed by atoms with Crippen LogP contribution in [0.2, 0.25) is 0 Å². The van der Waals surface area contributed by atoms with Gasteiger partial charge in [-0.15, -0.1) is 0 Å². The SMILES string of the molecule is CCN(Cc1ccccc1)CC1CC(c2ccc(CN3CCCC3)cc2)C1. The van der Waals surface area contributed by atoms with E-state index in [1.165, 1.54) is 56.4 Å². The molecule has 1 saturated carbocycles. The summed E-state index contributed by atoms with van der Waals surface area (Å²) in [6.07, 6.45) is 5.47. The highest BCUT2D eigenvalue weighted by Crippen LogP contribution is 2.42. The van der Waals surface area contributed by atoms with Gasteiger partial charge in [0.1, 0.15) is 0 Å². The molecule has 0 amide bonds. The second-order valence-electron chi connectivity index (χ2n) is 8.57. The van der Waals surface area contributed by atoms with Crippen LogP contribution in [0.1, 0.15) is 55.2 Å². The van der Waals surface area contributed by atoms with E-state index in [0.29, 0.717) is 0 Å². The highest BCUT2D eigenvalue weighted by atomic mass is 15.1. The van der Waals surface area contributed by atoms with Crippen molar-refractivity contribution in [1.82, 2.24) is 9.80 Å². The van der Waals surface area contributed by atoms with Crippen molar-refractivity contribution in [3.8, 4) is 0 Å². The second kappa shape index (κ2) is 9.03. The molecule has 27 heavy (non-hydrogen) atoms. The summed E-state index contributed by atoms with van der Waals surface area (Å²) in [4.78, 5) is 5.19. The maximum atomic E-state index is 2.61. The summed E-state index contributed by atoms with van der Waals surface area (Å²) >= 11 is 0. The van der Waals surface area contributed by atoms with Crippen LogP contribution in [0.4, 0.5) is 0 Å². The zero-order chi connectivity index (χ0) is 18.5. The van der Waals surface area contributed by atoms with E-state index < -0.39 is 0 Å². The summed E-state index contributed by atoms with van der Waals surface area (Å²) in [5.41, 5.74) is 4.47. The predicted octanol–water partition coefficient (Wildman–Crippen LogP) is 5.30. The Balaban J connectivity index is 1.23. The third kappa shape index (κ3) is 5.00. The number of nitrogens with zero attached hydrogens (tertiary/aromatic N) is 2. The number of hydrogen-bond donors (Lipinski definition) is 0. The Hall–Kier alpha value is -1.64. The van der Waals surface area contributed by atoms with Gasteiger partial charge in [0.25, 0.3) is 0 Å². The van der Waals surface area contributed by atoms with Gasteiger partial charge in [-0.25, -0.2) is 0 Å². The molecule has 2 aromatic carbocycles. The Kier molecular flexibility index (Phi) is 6.26. The Bertz CT molecular complexity index is 682. The first-order valence-electron chi connectivity index (χ1n) is 10.9. The van der Waals surface area contributed by atoms with E-state index in [4.69, 9.17) is 0 Å². The molecule has 2 nitrogen and oxygen atoms in total. The molecule has 0 N–H and O–H groups in total. The molecule has 2 fully saturated rings. The summed E-state index contributed by atoms with van der Waals surface area (Å²) < 4.78 is 0. The average Bonchev–Trinajstić information content (AvgIpc) is 3.18. The van der Waals surface area contributed by atoms with Gasteiger partial charge in [0.05, 0.1) is 0 Å². The predicted molar refractivity (Wildman–Crippen MR) is 114 cm³/mol. The standard InChI is InChI=1S/C25H34N2/c1-2-26(18-21-8-4-3-5-9-21)20-23-16-25(17-23)24-12-10-22(11-13-24)19-27-14-6-7-15-27/h3-5,8-13,23,25H,2,6-7,14-20H2,1H3. The molecule has 0 unspecified atom stereocenters. The molecule has 144 valence electrons. The number of likely N-dealkylation sites (tertiary alicyclic amines) is 1. The molecule has 0 spiro atoms. The first-order chi connectivity index (χ1) is 13.3. The van der Waals surface area contributed by atoms with Crippen LogP contribution >= 0.6 is 0 Å². The molecular formula is C25H34N2. The van der Waals surface area contributed by atoms with Crippen molar-refractivity contribution in [2.24, 2.45) is 5.92 Å². The first kappa shape index (κ1) is 18.7. The third-order valence-corrected chi connectivity index (χ3v) is 6.50. The van der Waals surface area contributed by atoms with Gasteiger partial charge in [0.2, 0.25) is 0 Å². The van der Waals surface area contributed by atoms with E-state index in [1.54, 1.807) is 5.56 Å². The highest BCUT2D eigenvalue weighted by Gasteiger charge is 2.31. The molecular weight excluding hydrogens is 328 g/mol. The second-order valence-corrected chi connectivity index (χ2v) is 8.57. The van der Waals surface area contributed by atoms with Gasteiger partial charge in [-0.2, -0.15) is 0 Å². The summed E-state index contributed by atoms with van der Waals surface area (Å²) in [5, 5.41) is 0. The maximum absolute atomic E-state index is 2.61. The van der Waals surface area contributed by atoms with Crippen molar-refractivity contribution in [2.75, 3.05) is 26.2 Å². The van der Waals surface area contributed by atoms with Gasteiger partial charge < -0.3 is 0 Å². The van der Waals surface area contributed by atoms with Gasteiger partial charge >= 0.3 is 0 Å². The minimum absolute atomic E-state index is 0.784. The van der Waals surface area contributed by atoms with Crippen LogP contribution in [-0.4, -0.2) is 36.0 Å². The smallest absolute Gasteiger partial charge is 0.0233 e. The highest BCUT2D eigenvalue weighted by molar-refractivity contribution is 5.27. The minimum Gasteiger partial charge on any atom is -0.299 e. The zero-order valence-electron chi connectivity index (χ0n) is 16.8. The lowest BCUT2D eigenvalue weighted by Gasteiger charge is -2.39. The lowest BCUT2D eigenvalue weighted by atomic mass is 9.71. The molecule has 2 aliphatic rings. The molecule has 0 aromatic heterocycles. The quantitative estimate of drug-likeness (QED) is 0.629. The van der Waals surface area contributed by atoms with Gasteiger partial charge in [-0.3, -0.25) is 9.80 Å². The Morgan fingerprint density at radius 1 is 0.889 bits per heavy atom. The number of rotatable bonds is 8. The molecule has 1 saturated heterocycles. The monoisotopic (exact) mass is 362 g/mol. The molecule has 2 heteroatoms. The molecule has 4 rings (SSSR count). The van der Waals surface area contributed by atoms with Gasteiger partial charge in [-0.05, 0) is 73.8 Å². The van der Waals surface area contributed by atoms with Gasteiger partial charge in [-0.1, -0.05) is 61.5 Å². The van der Waals surface area contributed by atoms with Crippen LogP contribution in [0.15, 0.2) is 54.6 Å². The number of hydrogen-bond acceptors (Lipinski definition) is 2. The summed E-state index contributed by atoms with van der Waals surface area (Å²) in [5.74, 6) is 1.65. The maximum Gasteiger partial charge on any atom is 0.0233 e. The largest absolute Gasteiger partial charge is 0.299 e. The number of benzene rings is 2. The summed E-state index contributed by atoms with van der Waals surface area (Å²) in [6, 6.07) is 20.4. The lowest BCUT2D eigenvalue weighted by molar-refractivity contribution is 0.158. The topological polar surface area (TPSA) is 6.48 Å². The molecule has 1 aliphatic carbocycles. The average molecular weight is 363 g/mol. The van der Waals surface area contributed by atoms with Crippen LogP contribution in [0.5, 0.6) is 0 Å². The van der Waals surface area contributed by atoms with Crippen LogP contribution < -0.4 is 0 Å². The van der Waals surface area contributed by atoms with E-state index in [9.17, 15) is 0 Å². The molecule has 0 atom stereocenters. The summed E-state index contributed by atoms with van der Waals surface area (Å²) in [7, 11) is 0. The minimum atomic E-state index is 0.784. The normalized spacial score (nSPS) is 22.9. The first-order valence-corrected chi connectivity index (χ1v) is 10.9. The Morgan fingerprint density at radius 2 is 1.59 bits per heavy atom. The molecule has 1 heterocycles. The van der Waals surface area contributed by atoms with Gasteiger partial charge in [0.15, 0.2) is 0 Å². The van der Waals surface area contributed by atoms with Crippen molar-refractivity contribution >= 4 is 0 Å². The molecule has 0 bridgehead atoms.